The van der Waals surface area contributed by atoms with Crippen LogP contribution in [0.4, 0.5) is 5.82 Å². The minimum Gasteiger partial charge on any atom is -0.361 e. The van der Waals surface area contributed by atoms with E-state index in [-0.39, 0.29) is 11.6 Å². The smallest absolute Gasteiger partial charge is 0.290 e. The van der Waals surface area contributed by atoms with Gasteiger partial charge in [-0.3, -0.25) is 4.79 Å². The molecule has 2 N–H and O–H groups in total. The summed E-state index contributed by atoms with van der Waals surface area (Å²) in [4.78, 5) is 18.1. The van der Waals surface area contributed by atoms with Crippen molar-refractivity contribution in [3.63, 3.8) is 0 Å². The predicted molar refractivity (Wildman–Crippen MR) is 73.1 cm³/mol. The van der Waals surface area contributed by atoms with Gasteiger partial charge in [-0.1, -0.05) is 30.3 Å². The van der Waals surface area contributed by atoms with Crippen molar-refractivity contribution in [2.24, 2.45) is 0 Å². The summed E-state index contributed by atoms with van der Waals surface area (Å²) in [6, 6.07) is 9.97. The van der Waals surface area contributed by atoms with Gasteiger partial charge in [0, 0.05) is 24.3 Å². The third-order valence-electron chi connectivity index (χ3n) is 2.56. The van der Waals surface area contributed by atoms with E-state index in [1.165, 1.54) is 18.0 Å². The van der Waals surface area contributed by atoms with E-state index >= 15 is 0 Å². The maximum absolute atomic E-state index is 11.5. The summed E-state index contributed by atoms with van der Waals surface area (Å²) in [6.45, 7) is 0. The molecule has 2 aromatic rings. The number of benzene rings is 1. The van der Waals surface area contributed by atoms with Crippen molar-refractivity contribution in [1.82, 2.24) is 9.97 Å². The molecule has 94 valence electrons. The first-order valence-electron chi connectivity index (χ1n) is 5.69. The lowest BCUT2D eigenvalue weighted by atomic mass is 10.1. The number of nitrogens with one attached hydrogen (secondary N) is 2. The fraction of sp³-hybridized carbons (Fsp3) is 0.231. The standard InChI is InChI=1S/C13H14ClN3O/c14-9-11(8-10-4-2-1-3-5-10)17-12-13(18)16-7-6-15-12/h1-7,11H,8-9H2,(H,15,17)(H,16,18). The Hall–Kier alpha value is -1.81. The van der Waals surface area contributed by atoms with Crippen LogP contribution in [-0.2, 0) is 6.42 Å². The van der Waals surface area contributed by atoms with Gasteiger partial charge < -0.3 is 10.3 Å². The van der Waals surface area contributed by atoms with Gasteiger partial charge in [-0.2, -0.15) is 0 Å². The molecule has 2 rings (SSSR count). The van der Waals surface area contributed by atoms with Gasteiger partial charge in [0.2, 0.25) is 0 Å². The Morgan fingerprint density at radius 3 is 2.78 bits per heavy atom. The van der Waals surface area contributed by atoms with Crippen LogP contribution < -0.4 is 10.9 Å². The van der Waals surface area contributed by atoms with Crippen molar-refractivity contribution in [2.45, 2.75) is 12.5 Å². The van der Waals surface area contributed by atoms with Crippen molar-refractivity contribution in [3.05, 3.63) is 58.6 Å². The third-order valence-corrected chi connectivity index (χ3v) is 2.93. The molecule has 4 nitrogen and oxygen atoms in total. The zero-order valence-electron chi connectivity index (χ0n) is 9.77. The number of halogens is 1. The SMILES string of the molecule is O=c1[nH]ccnc1NC(CCl)Cc1ccccc1. The van der Waals surface area contributed by atoms with Crippen LogP contribution in [0.15, 0.2) is 47.5 Å². The van der Waals surface area contributed by atoms with E-state index in [0.29, 0.717) is 11.7 Å². The van der Waals surface area contributed by atoms with Crippen LogP contribution in [0.25, 0.3) is 0 Å². The molecular formula is C13H14ClN3O. The first-order valence-corrected chi connectivity index (χ1v) is 6.23. The van der Waals surface area contributed by atoms with Crippen LogP contribution in [0.1, 0.15) is 5.56 Å². The molecule has 0 bridgehead atoms. The highest BCUT2D eigenvalue weighted by Gasteiger charge is 2.10. The van der Waals surface area contributed by atoms with Crippen molar-refractivity contribution in [1.29, 1.82) is 0 Å². The summed E-state index contributed by atoms with van der Waals surface area (Å²) in [5, 5.41) is 3.06. The lowest BCUT2D eigenvalue weighted by molar-refractivity contribution is 0.787. The molecule has 1 unspecified atom stereocenters. The lowest BCUT2D eigenvalue weighted by Crippen LogP contribution is -2.28. The van der Waals surface area contributed by atoms with Gasteiger partial charge in [0.25, 0.3) is 5.56 Å². The molecule has 0 saturated heterocycles. The molecule has 5 heteroatoms. The molecular weight excluding hydrogens is 250 g/mol. The quantitative estimate of drug-likeness (QED) is 0.812. The Morgan fingerprint density at radius 2 is 2.11 bits per heavy atom. The van der Waals surface area contributed by atoms with Crippen LogP contribution in [0, 0.1) is 0 Å². The van der Waals surface area contributed by atoms with E-state index in [1.807, 2.05) is 30.3 Å². The monoisotopic (exact) mass is 263 g/mol. The number of aromatic amines is 1. The average molecular weight is 264 g/mol. The number of H-pyrrole nitrogens is 1. The Balaban J connectivity index is 2.07. The predicted octanol–water partition coefficient (Wildman–Crippen LogP) is 2.03. The number of nitrogens with zero attached hydrogens (tertiary/aromatic N) is 1. The second-order valence-corrected chi connectivity index (χ2v) is 4.26. The van der Waals surface area contributed by atoms with Gasteiger partial charge in [0.05, 0.1) is 0 Å². The zero-order chi connectivity index (χ0) is 12.8. The van der Waals surface area contributed by atoms with Crippen LogP contribution in [0.3, 0.4) is 0 Å². The molecule has 0 fully saturated rings. The van der Waals surface area contributed by atoms with Gasteiger partial charge in [-0.15, -0.1) is 11.6 Å². The van der Waals surface area contributed by atoms with Crippen molar-refractivity contribution < 1.29 is 0 Å². The molecule has 1 heterocycles. The minimum atomic E-state index is -0.235. The van der Waals surface area contributed by atoms with E-state index in [4.69, 9.17) is 11.6 Å². The number of aromatic nitrogens is 2. The molecule has 0 aliphatic heterocycles. The Bertz CT molecular complexity index is 541. The molecule has 1 atom stereocenters. The molecule has 1 aromatic heterocycles. The normalized spacial score (nSPS) is 12.1. The highest BCUT2D eigenvalue weighted by Crippen LogP contribution is 2.07. The fourth-order valence-corrected chi connectivity index (χ4v) is 1.88. The number of hydrogen-bond donors (Lipinski definition) is 2. The molecule has 0 aliphatic carbocycles. The van der Waals surface area contributed by atoms with Gasteiger partial charge in [0.15, 0.2) is 5.82 Å². The average Bonchev–Trinajstić information content (AvgIpc) is 2.41. The van der Waals surface area contributed by atoms with Gasteiger partial charge in [-0.05, 0) is 12.0 Å². The van der Waals surface area contributed by atoms with E-state index in [2.05, 4.69) is 15.3 Å². The Labute approximate surface area is 110 Å². The second kappa shape index (κ2) is 6.21. The first-order chi connectivity index (χ1) is 8.79. The lowest BCUT2D eigenvalue weighted by Gasteiger charge is -2.15. The molecule has 1 aromatic carbocycles. The van der Waals surface area contributed by atoms with Crippen LogP contribution >= 0.6 is 11.6 Å². The maximum atomic E-state index is 11.5. The van der Waals surface area contributed by atoms with E-state index in [1.54, 1.807) is 0 Å². The molecule has 0 saturated carbocycles. The summed E-state index contributed by atoms with van der Waals surface area (Å²) in [6.07, 6.45) is 3.79. The molecule has 0 amide bonds. The Morgan fingerprint density at radius 1 is 1.33 bits per heavy atom. The summed E-state index contributed by atoms with van der Waals surface area (Å²) in [5.41, 5.74) is 0.934. The largest absolute Gasteiger partial charge is 0.361 e. The van der Waals surface area contributed by atoms with Crippen LogP contribution in [0.5, 0.6) is 0 Å². The van der Waals surface area contributed by atoms with Crippen LogP contribution in [-0.4, -0.2) is 21.9 Å². The third kappa shape index (κ3) is 3.34. The zero-order valence-corrected chi connectivity index (χ0v) is 10.5. The molecule has 0 spiro atoms. The Kier molecular flexibility index (Phi) is 4.36. The van der Waals surface area contributed by atoms with Crippen molar-refractivity contribution in [2.75, 3.05) is 11.2 Å². The number of alkyl halides is 1. The number of anilines is 1. The van der Waals surface area contributed by atoms with E-state index < -0.39 is 0 Å². The van der Waals surface area contributed by atoms with Gasteiger partial charge >= 0.3 is 0 Å². The molecule has 0 aliphatic rings. The highest BCUT2D eigenvalue weighted by atomic mass is 35.5. The molecule has 18 heavy (non-hydrogen) atoms. The topological polar surface area (TPSA) is 57.8 Å². The van der Waals surface area contributed by atoms with Crippen molar-refractivity contribution in [3.8, 4) is 0 Å². The first kappa shape index (κ1) is 12.6. The second-order valence-electron chi connectivity index (χ2n) is 3.95. The van der Waals surface area contributed by atoms with Gasteiger partial charge in [-0.25, -0.2) is 4.98 Å². The summed E-state index contributed by atoms with van der Waals surface area (Å²) in [5.74, 6) is 0.712. The highest BCUT2D eigenvalue weighted by molar-refractivity contribution is 6.18. The summed E-state index contributed by atoms with van der Waals surface area (Å²) in [7, 11) is 0. The number of rotatable bonds is 5. The van der Waals surface area contributed by atoms with E-state index in [9.17, 15) is 4.79 Å². The van der Waals surface area contributed by atoms with Gasteiger partial charge in [0.1, 0.15) is 0 Å². The fourth-order valence-electron chi connectivity index (χ4n) is 1.69. The van der Waals surface area contributed by atoms with Crippen LogP contribution in [0.2, 0.25) is 0 Å². The summed E-state index contributed by atoms with van der Waals surface area (Å²) >= 11 is 5.92. The molecule has 0 radical (unpaired) electrons. The maximum Gasteiger partial charge on any atom is 0.290 e. The van der Waals surface area contributed by atoms with E-state index in [0.717, 1.165) is 6.42 Å². The minimum absolute atomic E-state index is 0.0231. The summed E-state index contributed by atoms with van der Waals surface area (Å²) < 4.78 is 0. The number of hydrogen-bond acceptors (Lipinski definition) is 3. The van der Waals surface area contributed by atoms with Crippen molar-refractivity contribution >= 4 is 17.4 Å².